The summed E-state index contributed by atoms with van der Waals surface area (Å²) in [5.41, 5.74) is 14.6. The lowest BCUT2D eigenvalue weighted by Gasteiger charge is -2.12. The third-order valence-electron chi connectivity index (χ3n) is 24.1. The van der Waals surface area contributed by atoms with Crippen molar-refractivity contribution < 1.29 is 0 Å². The van der Waals surface area contributed by atoms with Gasteiger partial charge < -0.3 is 0 Å². The Bertz CT molecular complexity index is 7730. The smallest absolute Gasteiger partial charge is 0.00241 e. The maximum Gasteiger partial charge on any atom is -0.00241 e. The second kappa shape index (κ2) is 36.8. The molecule has 0 spiro atoms. The van der Waals surface area contributed by atoms with E-state index in [1.807, 2.05) is 24.3 Å². The highest BCUT2D eigenvalue weighted by atomic mass is 14.2. The van der Waals surface area contributed by atoms with Crippen LogP contribution in [0.5, 0.6) is 0 Å². The Balaban J connectivity index is 0.0000000991. The van der Waals surface area contributed by atoms with E-state index in [2.05, 4.69) is 481 Å². The summed E-state index contributed by atoms with van der Waals surface area (Å²) in [6.07, 6.45) is 0. The lowest BCUT2D eigenvalue weighted by Crippen LogP contribution is -1.85. The SMILES string of the molecule is Cc1c2ccccc2cc2ccccc12.Cc1cc2ccc3cccc4ccc(c1)c2c34.Cc1cc2cccc3ccc4cccc1c4c32.Cc1cc2ccccc2c2ccccc12.Cc1ccc(-c2ccccc2)cc1.Cc1ccc2ccc3cccc4ccc1c2c34.Cc1ccc2ccccc2c1.Cc1cccc2ccccc12.Cc1ccccc1. The van der Waals surface area contributed by atoms with E-state index in [4.69, 9.17) is 0 Å². The van der Waals surface area contributed by atoms with Gasteiger partial charge in [0.25, 0.3) is 0 Å². The topological polar surface area (TPSA) is 0 Å². The van der Waals surface area contributed by atoms with Crippen LogP contribution in [0.1, 0.15) is 50.1 Å². The Kier molecular flexibility index (Phi) is 24.1. The largest absolute Gasteiger partial charge is 0.0622 e. The fourth-order valence-electron chi connectivity index (χ4n) is 17.8. The highest BCUT2D eigenvalue weighted by Crippen LogP contribution is 2.40. The summed E-state index contributed by atoms with van der Waals surface area (Å²) in [4.78, 5) is 0. The summed E-state index contributed by atoms with van der Waals surface area (Å²) in [6, 6.07) is 158. The Morgan fingerprint density at radius 1 is 0.114 bits per heavy atom. The third-order valence-corrected chi connectivity index (χ3v) is 24.1. The maximum atomic E-state index is 2.30. The number of fused-ring (bicyclic) bond motifs is 7. The van der Waals surface area contributed by atoms with Gasteiger partial charge in [-0.15, -0.1) is 0 Å². The predicted molar refractivity (Wildman–Crippen MR) is 542 cm³/mol. The zero-order valence-electron chi connectivity index (χ0n) is 71.6. The summed E-state index contributed by atoms with van der Waals surface area (Å²) in [7, 11) is 0. The normalized spacial score (nSPS) is 11.0. The molecule has 0 heterocycles. The van der Waals surface area contributed by atoms with Crippen LogP contribution in [-0.2, 0) is 0 Å². The lowest BCUT2D eigenvalue weighted by molar-refractivity contribution is 1.47. The van der Waals surface area contributed by atoms with Crippen molar-refractivity contribution >= 4 is 162 Å². The average Bonchev–Trinajstić information content (AvgIpc) is 0.746. The van der Waals surface area contributed by atoms with E-state index in [-0.39, 0.29) is 0 Å². The van der Waals surface area contributed by atoms with Gasteiger partial charge in [0.2, 0.25) is 0 Å². The Morgan fingerprint density at radius 3 is 0.976 bits per heavy atom. The fraction of sp³-hybridized carbons (Fsp3) is 0.0732. The van der Waals surface area contributed by atoms with Gasteiger partial charge in [0.1, 0.15) is 0 Å². The van der Waals surface area contributed by atoms with Crippen molar-refractivity contribution in [3.63, 3.8) is 0 Å². The number of rotatable bonds is 1. The molecule has 0 aliphatic heterocycles. The molecule has 0 atom stereocenters. The van der Waals surface area contributed by atoms with Crippen molar-refractivity contribution in [1.29, 1.82) is 0 Å². The van der Waals surface area contributed by atoms with Crippen LogP contribution in [0.25, 0.3) is 173 Å². The van der Waals surface area contributed by atoms with Gasteiger partial charge >= 0.3 is 0 Å². The fourth-order valence-corrected chi connectivity index (χ4v) is 17.8. The molecule has 0 heteroatoms. The Hall–Kier alpha value is -14.8. The van der Waals surface area contributed by atoms with Crippen LogP contribution in [0.4, 0.5) is 0 Å². The lowest BCUT2D eigenvalue weighted by atomic mass is 9.92. The summed E-state index contributed by atoms with van der Waals surface area (Å²) in [6.45, 7) is 19.4. The first-order chi connectivity index (χ1) is 60.2. The molecule has 123 heavy (non-hydrogen) atoms. The molecule has 0 saturated carbocycles. The average molecular weight is 1580 g/mol. The minimum atomic E-state index is 1.28. The maximum absolute atomic E-state index is 2.30. The number of benzene rings is 25. The zero-order chi connectivity index (χ0) is 84.3. The second-order valence-electron chi connectivity index (χ2n) is 32.7. The molecule has 0 aromatic heterocycles. The monoisotopic (exact) mass is 1580 g/mol. The minimum absolute atomic E-state index is 1.28. The van der Waals surface area contributed by atoms with Gasteiger partial charge in [-0.1, -0.05) is 453 Å². The standard InChI is InChI=1S/3C17H12.2C15H12.C13H12.2C11H10.C7H8/c1-11-10-14-6-2-4-12-8-9-13-5-3-7-15(11)17(13)16(12)14;1-11-9-14-7-5-12-3-2-4-13-6-8-15(10-11)17(14)16(12)13;1-11-5-6-14-8-7-12-3-2-4-13-9-10-15(11)17(14)16(12)13;1-11-14-8-4-2-6-12(14)10-13-7-3-5-9-15(11)13;1-11-10-12-6-2-3-8-14(12)15-9-5-4-7-13(11)15;1-11-7-9-13(10-8-11)12-5-3-2-4-6-12;1-9-5-4-7-10-6-2-3-8-11(9)10;1-9-6-7-10-4-2-3-5-11(10)8-9;1-7-5-3-2-4-6-7/h3*2-10H,1H3;2*2-10H,1H3;2-10H,1H3;2*2-8H,1H3;2-6H,1H3. The van der Waals surface area contributed by atoms with Crippen molar-refractivity contribution in [2.45, 2.75) is 62.3 Å². The Morgan fingerprint density at radius 2 is 0.415 bits per heavy atom. The Labute approximate surface area is 722 Å². The molecular formula is C123H100. The molecule has 25 rings (SSSR count). The van der Waals surface area contributed by atoms with Crippen LogP contribution in [0.2, 0.25) is 0 Å². The second-order valence-corrected chi connectivity index (χ2v) is 32.7. The molecule has 0 bridgehead atoms. The molecular weight excluding hydrogens is 1480 g/mol. The van der Waals surface area contributed by atoms with Gasteiger partial charge in [-0.2, -0.15) is 0 Å². The van der Waals surface area contributed by atoms with E-state index in [0.717, 1.165) is 0 Å². The summed E-state index contributed by atoms with van der Waals surface area (Å²) >= 11 is 0. The van der Waals surface area contributed by atoms with Crippen LogP contribution >= 0.6 is 0 Å². The van der Waals surface area contributed by atoms with E-state index < -0.39 is 0 Å². The molecule has 592 valence electrons. The summed E-state index contributed by atoms with van der Waals surface area (Å²) in [5, 5.41) is 40.7. The summed E-state index contributed by atoms with van der Waals surface area (Å²) in [5.74, 6) is 0. The quantitative estimate of drug-likeness (QED) is 0.114. The highest BCUT2D eigenvalue weighted by molar-refractivity contribution is 6.26. The molecule has 0 radical (unpaired) electrons. The van der Waals surface area contributed by atoms with Crippen LogP contribution in [0.3, 0.4) is 0 Å². The van der Waals surface area contributed by atoms with Crippen LogP contribution in [-0.4, -0.2) is 0 Å². The van der Waals surface area contributed by atoms with E-state index in [0.29, 0.717) is 0 Å². The number of hydrogen-bond acceptors (Lipinski definition) is 0. The minimum Gasteiger partial charge on any atom is -0.0622 e. The molecule has 0 saturated heterocycles. The highest BCUT2D eigenvalue weighted by Gasteiger charge is 2.13. The van der Waals surface area contributed by atoms with Gasteiger partial charge in [-0.05, 0) is 274 Å². The first kappa shape index (κ1) is 80.6. The third kappa shape index (κ3) is 17.8. The molecule has 25 aromatic rings. The van der Waals surface area contributed by atoms with Gasteiger partial charge in [0.15, 0.2) is 0 Å². The molecule has 0 aliphatic carbocycles. The molecule has 0 aliphatic rings. The molecule has 0 unspecified atom stereocenters. The van der Waals surface area contributed by atoms with Crippen LogP contribution < -0.4 is 0 Å². The van der Waals surface area contributed by atoms with Gasteiger partial charge in [0, 0.05) is 0 Å². The van der Waals surface area contributed by atoms with E-state index in [1.165, 1.54) is 223 Å². The van der Waals surface area contributed by atoms with E-state index in [9.17, 15) is 0 Å². The molecule has 25 aromatic carbocycles. The molecule has 0 N–H and O–H groups in total. The summed E-state index contributed by atoms with van der Waals surface area (Å²) < 4.78 is 0. The van der Waals surface area contributed by atoms with Gasteiger partial charge in [-0.25, -0.2) is 0 Å². The van der Waals surface area contributed by atoms with Crippen molar-refractivity contribution in [2.75, 3.05) is 0 Å². The molecule has 0 amide bonds. The first-order valence-corrected chi connectivity index (χ1v) is 42.9. The van der Waals surface area contributed by atoms with Crippen LogP contribution in [0.15, 0.2) is 443 Å². The van der Waals surface area contributed by atoms with Crippen molar-refractivity contribution in [3.8, 4) is 11.1 Å². The van der Waals surface area contributed by atoms with Crippen molar-refractivity contribution in [2.24, 2.45) is 0 Å². The zero-order valence-corrected chi connectivity index (χ0v) is 71.6. The molecule has 0 fully saturated rings. The van der Waals surface area contributed by atoms with E-state index in [1.54, 1.807) is 0 Å². The van der Waals surface area contributed by atoms with Crippen molar-refractivity contribution in [3.05, 3.63) is 493 Å². The molecule has 0 nitrogen and oxygen atoms in total. The predicted octanol–water partition coefficient (Wildman–Crippen LogP) is 35.2. The van der Waals surface area contributed by atoms with Gasteiger partial charge in [-0.3, -0.25) is 0 Å². The van der Waals surface area contributed by atoms with Crippen LogP contribution in [0, 0.1) is 62.3 Å². The number of hydrogen-bond donors (Lipinski definition) is 0. The van der Waals surface area contributed by atoms with E-state index >= 15 is 0 Å². The van der Waals surface area contributed by atoms with Gasteiger partial charge in [0.05, 0.1) is 0 Å². The van der Waals surface area contributed by atoms with Crippen molar-refractivity contribution in [1.82, 2.24) is 0 Å². The first-order valence-electron chi connectivity index (χ1n) is 42.9. The number of aryl methyl sites for hydroxylation is 9.